The van der Waals surface area contributed by atoms with E-state index < -0.39 is 17.7 Å². The van der Waals surface area contributed by atoms with E-state index in [4.69, 9.17) is 9.84 Å². The van der Waals surface area contributed by atoms with Gasteiger partial charge >= 0.3 is 12.1 Å². The molecular formula is C16H29NO4. The minimum Gasteiger partial charge on any atom is -0.478 e. The highest BCUT2D eigenvalue weighted by Gasteiger charge is 2.25. The standard InChI is InChI=1S/C16H29NO4/c1-8-12(14(18)19)10-13(9-11(2)3)17(7)15(20)21-16(4,5)6/h10-11,13H,8-9H2,1-7H3,(H,18,19)/b12-10+/t13-/m0/s1. The summed E-state index contributed by atoms with van der Waals surface area (Å²) in [6.07, 6.45) is 2.33. The smallest absolute Gasteiger partial charge is 0.410 e. The van der Waals surface area contributed by atoms with E-state index in [2.05, 4.69) is 0 Å². The molecule has 5 heteroatoms. The number of carbonyl (C=O) groups is 2. The molecule has 21 heavy (non-hydrogen) atoms. The number of amides is 1. The molecule has 0 bridgehead atoms. The highest BCUT2D eigenvalue weighted by Crippen LogP contribution is 2.18. The van der Waals surface area contributed by atoms with Gasteiger partial charge in [0.2, 0.25) is 0 Å². The molecule has 0 saturated carbocycles. The molecular weight excluding hydrogens is 270 g/mol. The summed E-state index contributed by atoms with van der Waals surface area (Å²) in [5, 5.41) is 9.16. The van der Waals surface area contributed by atoms with Crippen molar-refractivity contribution in [3.05, 3.63) is 11.6 Å². The molecule has 0 heterocycles. The summed E-state index contributed by atoms with van der Waals surface area (Å²) in [6, 6.07) is -0.286. The average Bonchev–Trinajstić information content (AvgIpc) is 2.30. The van der Waals surface area contributed by atoms with E-state index in [1.807, 2.05) is 13.8 Å². The highest BCUT2D eigenvalue weighted by molar-refractivity contribution is 5.86. The Bertz CT molecular complexity index is 394. The summed E-state index contributed by atoms with van der Waals surface area (Å²) in [6.45, 7) is 11.3. The molecule has 0 aromatic rings. The number of carboxylic acid groups (broad SMARTS) is 1. The van der Waals surface area contributed by atoms with Gasteiger partial charge in [-0.1, -0.05) is 26.8 Å². The van der Waals surface area contributed by atoms with Gasteiger partial charge in [-0.05, 0) is 39.5 Å². The van der Waals surface area contributed by atoms with Crippen molar-refractivity contribution in [3.63, 3.8) is 0 Å². The van der Waals surface area contributed by atoms with Gasteiger partial charge in [-0.3, -0.25) is 0 Å². The lowest BCUT2D eigenvalue weighted by Gasteiger charge is -2.30. The first kappa shape index (κ1) is 19.5. The van der Waals surface area contributed by atoms with Gasteiger partial charge in [-0.15, -0.1) is 0 Å². The lowest BCUT2D eigenvalue weighted by Crippen LogP contribution is -2.40. The number of rotatable bonds is 6. The zero-order valence-electron chi connectivity index (χ0n) is 14.3. The van der Waals surface area contributed by atoms with Gasteiger partial charge in [0, 0.05) is 12.6 Å². The maximum atomic E-state index is 12.1. The van der Waals surface area contributed by atoms with Crippen LogP contribution in [0.5, 0.6) is 0 Å². The van der Waals surface area contributed by atoms with Crippen molar-refractivity contribution in [1.29, 1.82) is 0 Å². The van der Waals surface area contributed by atoms with E-state index in [0.717, 1.165) is 0 Å². The molecule has 0 aliphatic rings. The second-order valence-corrected chi connectivity index (χ2v) is 6.64. The number of ether oxygens (including phenoxy) is 1. The van der Waals surface area contributed by atoms with Gasteiger partial charge in [0.05, 0.1) is 6.04 Å². The van der Waals surface area contributed by atoms with Crippen LogP contribution >= 0.6 is 0 Å². The highest BCUT2D eigenvalue weighted by atomic mass is 16.6. The summed E-state index contributed by atoms with van der Waals surface area (Å²) >= 11 is 0. The van der Waals surface area contributed by atoms with Crippen LogP contribution in [0.15, 0.2) is 11.6 Å². The predicted octanol–water partition coefficient (Wildman–Crippen LogP) is 3.69. The van der Waals surface area contributed by atoms with Gasteiger partial charge in [0.1, 0.15) is 5.60 Å². The SMILES string of the molecule is CC/C(=C\[C@H](CC(C)C)N(C)C(=O)OC(C)(C)C)C(=O)O. The molecule has 0 radical (unpaired) electrons. The molecule has 5 nitrogen and oxygen atoms in total. The van der Waals surface area contributed by atoms with Crippen molar-refractivity contribution in [3.8, 4) is 0 Å². The van der Waals surface area contributed by atoms with Crippen molar-refractivity contribution in [2.45, 2.75) is 66.0 Å². The molecule has 0 spiro atoms. The Balaban J connectivity index is 5.23. The van der Waals surface area contributed by atoms with E-state index in [-0.39, 0.29) is 6.04 Å². The summed E-state index contributed by atoms with van der Waals surface area (Å²) in [5.74, 6) is -0.605. The van der Waals surface area contributed by atoms with Crippen LogP contribution in [0.4, 0.5) is 4.79 Å². The summed E-state index contributed by atoms with van der Waals surface area (Å²) in [4.78, 5) is 24.8. The lowest BCUT2D eigenvalue weighted by molar-refractivity contribution is -0.132. The molecule has 0 saturated heterocycles. The molecule has 0 aliphatic heterocycles. The van der Waals surface area contributed by atoms with E-state index in [9.17, 15) is 9.59 Å². The van der Waals surface area contributed by atoms with Crippen LogP contribution in [0, 0.1) is 5.92 Å². The van der Waals surface area contributed by atoms with Crippen molar-refractivity contribution in [2.75, 3.05) is 7.05 Å². The number of likely N-dealkylation sites (N-methyl/N-ethyl adjacent to an activating group) is 1. The molecule has 0 unspecified atom stereocenters. The zero-order valence-corrected chi connectivity index (χ0v) is 14.3. The maximum absolute atomic E-state index is 12.1. The Morgan fingerprint density at radius 3 is 2.14 bits per heavy atom. The molecule has 1 N–H and O–H groups in total. The largest absolute Gasteiger partial charge is 0.478 e. The molecule has 0 aromatic carbocycles. The topological polar surface area (TPSA) is 66.8 Å². The van der Waals surface area contributed by atoms with E-state index >= 15 is 0 Å². The number of hydrogen-bond donors (Lipinski definition) is 1. The second kappa shape index (κ2) is 8.05. The summed E-state index contributed by atoms with van der Waals surface area (Å²) in [7, 11) is 1.65. The van der Waals surface area contributed by atoms with Gasteiger partial charge in [0.25, 0.3) is 0 Å². The first-order valence-electron chi connectivity index (χ1n) is 7.37. The van der Waals surface area contributed by atoms with Crippen LogP contribution in [0.2, 0.25) is 0 Å². The number of carboxylic acids is 1. The van der Waals surface area contributed by atoms with Gasteiger partial charge in [0.15, 0.2) is 0 Å². The minimum atomic E-state index is -0.941. The van der Waals surface area contributed by atoms with Crippen LogP contribution in [0.3, 0.4) is 0 Å². The Kier molecular flexibility index (Phi) is 7.47. The van der Waals surface area contributed by atoms with Crippen LogP contribution in [0.1, 0.15) is 54.4 Å². The fourth-order valence-electron chi connectivity index (χ4n) is 1.86. The Labute approximate surface area is 128 Å². The maximum Gasteiger partial charge on any atom is 0.410 e. The van der Waals surface area contributed by atoms with Gasteiger partial charge in [-0.2, -0.15) is 0 Å². The molecule has 0 aliphatic carbocycles. The van der Waals surface area contributed by atoms with Crippen LogP contribution in [-0.4, -0.2) is 40.8 Å². The second-order valence-electron chi connectivity index (χ2n) is 6.64. The Hall–Kier alpha value is -1.52. The van der Waals surface area contributed by atoms with E-state index in [0.29, 0.717) is 24.3 Å². The number of hydrogen-bond acceptors (Lipinski definition) is 3. The van der Waals surface area contributed by atoms with E-state index in [1.165, 1.54) is 4.90 Å². The third-order valence-electron chi connectivity index (χ3n) is 2.94. The Morgan fingerprint density at radius 2 is 1.81 bits per heavy atom. The van der Waals surface area contributed by atoms with Crippen molar-refractivity contribution in [1.82, 2.24) is 4.90 Å². The van der Waals surface area contributed by atoms with Gasteiger partial charge in [-0.25, -0.2) is 9.59 Å². The van der Waals surface area contributed by atoms with Crippen molar-refractivity contribution >= 4 is 12.1 Å². The number of nitrogens with zero attached hydrogens (tertiary/aromatic N) is 1. The molecule has 0 aromatic heterocycles. The van der Waals surface area contributed by atoms with Crippen LogP contribution in [-0.2, 0) is 9.53 Å². The summed E-state index contributed by atoms with van der Waals surface area (Å²) in [5.41, 5.74) is -0.256. The molecule has 1 amide bonds. The van der Waals surface area contributed by atoms with E-state index in [1.54, 1.807) is 40.8 Å². The quantitative estimate of drug-likeness (QED) is 0.760. The first-order chi connectivity index (χ1) is 9.47. The predicted molar refractivity (Wildman–Crippen MR) is 83.2 cm³/mol. The molecule has 122 valence electrons. The monoisotopic (exact) mass is 299 g/mol. The average molecular weight is 299 g/mol. The third-order valence-corrected chi connectivity index (χ3v) is 2.94. The fraction of sp³-hybridized carbons (Fsp3) is 0.750. The van der Waals surface area contributed by atoms with Crippen LogP contribution < -0.4 is 0 Å². The minimum absolute atomic E-state index is 0.286. The normalized spacial score (nSPS) is 14.0. The molecule has 1 atom stereocenters. The number of aliphatic carboxylic acids is 1. The fourth-order valence-corrected chi connectivity index (χ4v) is 1.86. The third kappa shape index (κ3) is 7.73. The first-order valence-corrected chi connectivity index (χ1v) is 7.37. The summed E-state index contributed by atoms with van der Waals surface area (Å²) < 4.78 is 5.35. The van der Waals surface area contributed by atoms with Crippen molar-refractivity contribution < 1.29 is 19.4 Å². The zero-order chi connectivity index (χ0) is 16.8. The number of carbonyl (C=O) groups excluding carboxylic acids is 1. The lowest BCUT2D eigenvalue weighted by atomic mass is 9.99. The molecule has 0 fully saturated rings. The van der Waals surface area contributed by atoms with Crippen LogP contribution in [0.25, 0.3) is 0 Å². The van der Waals surface area contributed by atoms with Crippen molar-refractivity contribution in [2.24, 2.45) is 5.92 Å². The van der Waals surface area contributed by atoms with Gasteiger partial charge < -0.3 is 14.7 Å². The molecule has 0 rings (SSSR count). The Morgan fingerprint density at radius 1 is 1.29 bits per heavy atom.